The number of hydrogen-bond acceptors (Lipinski definition) is 8. The summed E-state index contributed by atoms with van der Waals surface area (Å²) in [6.07, 6.45) is 0. The molecule has 1 fully saturated rings. The number of hydrogen-bond donors (Lipinski definition) is 1. The van der Waals surface area contributed by atoms with E-state index in [0.717, 1.165) is 18.8 Å². The quantitative estimate of drug-likeness (QED) is 0.543. The predicted molar refractivity (Wildman–Crippen MR) is 124 cm³/mol. The van der Waals surface area contributed by atoms with Crippen molar-refractivity contribution in [1.82, 2.24) is 0 Å². The first-order valence-electron chi connectivity index (χ1n) is 10.9. The maximum atomic E-state index is 13.0. The van der Waals surface area contributed by atoms with Crippen LogP contribution in [0.2, 0.25) is 0 Å². The predicted octanol–water partition coefficient (Wildman–Crippen LogP) is 3.12. The highest BCUT2D eigenvalue weighted by Crippen LogP contribution is 2.39. The topological polar surface area (TPSA) is 95.6 Å². The summed E-state index contributed by atoms with van der Waals surface area (Å²) in [6, 6.07) is 10.2. The first kappa shape index (κ1) is 24.2. The lowest BCUT2D eigenvalue weighted by Gasteiger charge is -2.31. The average molecular weight is 459 g/mol. The van der Waals surface area contributed by atoms with Gasteiger partial charge in [-0.05, 0) is 32.0 Å². The van der Waals surface area contributed by atoms with Gasteiger partial charge in [0, 0.05) is 30.8 Å². The molecule has 1 N–H and O–H groups in total. The fourth-order valence-corrected chi connectivity index (χ4v) is 3.37. The Balaban J connectivity index is 1.84. The lowest BCUT2D eigenvalue weighted by atomic mass is 10.1. The van der Waals surface area contributed by atoms with E-state index in [9.17, 15) is 9.59 Å². The number of benzene rings is 2. The number of carbonyl (C=O) groups excluding carboxylic acids is 2. The minimum absolute atomic E-state index is 0.239. The molecule has 0 aliphatic carbocycles. The Morgan fingerprint density at radius 3 is 2.42 bits per heavy atom. The maximum Gasteiger partial charge on any atom is 0.343 e. The number of rotatable bonds is 10. The standard InChI is InChI=1S/C24H30N2O7/c1-4-31-21-15-20(26-9-11-30-12-10-26)22(32-5-2)14-19(21)25-24(28)17-7-6-8-18(13-17)33-16-23(27)29-3/h6-8,13-15H,4-5,9-12,16H2,1-3H3,(H,25,28). The molecular weight excluding hydrogens is 428 g/mol. The van der Waals surface area contributed by atoms with Crippen LogP contribution in [0.25, 0.3) is 0 Å². The van der Waals surface area contributed by atoms with E-state index in [-0.39, 0.29) is 12.5 Å². The monoisotopic (exact) mass is 458 g/mol. The molecule has 0 aromatic heterocycles. The third-order valence-corrected chi connectivity index (χ3v) is 4.94. The SMILES string of the molecule is CCOc1cc(N2CCOCC2)c(OCC)cc1NC(=O)c1cccc(OCC(=O)OC)c1. The molecule has 0 bridgehead atoms. The van der Waals surface area contributed by atoms with Gasteiger partial charge in [-0.1, -0.05) is 6.07 Å². The van der Waals surface area contributed by atoms with Crippen LogP contribution in [0, 0.1) is 0 Å². The van der Waals surface area contributed by atoms with Crippen LogP contribution in [-0.4, -0.2) is 65.1 Å². The summed E-state index contributed by atoms with van der Waals surface area (Å²) in [6.45, 7) is 7.26. The van der Waals surface area contributed by atoms with Crippen LogP contribution in [0.3, 0.4) is 0 Å². The Morgan fingerprint density at radius 2 is 1.73 bits per heavy atom. The molecule has 3 rings (SSSR count). The zero-order valence-electron chi connectivity index (χ0n) is 19.2. The second-order valence-electron chi connectivity index (χ2n) is 7.13. The number of morpholine rings is 1. The fraction of sp³-hybridized carbons (Fsp3) is 0.417. The summed E-state index contributed by atoms with van der Waals surface area (Å²) in [5, 5.41) is 2.91. The fourth-order valence-electron chi connectivity index (χ4n) is 3.37. The molecule has 2 aromatic carbocycles. The molecule has 33 heavy (non-hydrogen) atoms. The minimum atomic E-state index is -0.505. The third-order valence-electron chi connectivity index (χ3n) is 4.94. The van der Waals surface area contributed by atoms with Crippen LogP contribution in [0.5, 0.6) is 17.2 Å². The molecule has 9 heteroatoms. The molecule has 9 nitrogen and oxygen atoms in total. The summed E-state index contributed by atoms with van der Waals surface area (Å²) in [7, 11) is 1.28. The van der Waals surface area contributed by atoms with Gasteiger partial charge in [-0.2, -0.15) is 0 Å². The van der Waals surface area contributed by atoms with Crippen LogP contribution in [0.15, 0.2) is 36.4 Å². The third kappa shape index (κ3) is 6.52. The average Bonchev–Trinajstić information content (AvgIpc) is 2.85. The van der Waals surface area contributed by atoms with Gasteiger partial charge < -0.3 is 33.9 Å². The number of carbonyl (C=O) groups is 2. The van der Waals surface area contributed by atoms with Gasteiger partial charge in [0.1, 0.15) is 17.2 Å². The zero-order chi connectivity index (χ0) is 23.6. The highest BCUT2D eigenvalue weighted by atomic mass is 16.6. The van der Waals surface area contributed by atoms with Gasteiger partial charge in [-0.15, -0.1) is 0 Å². The van der Waals surface area contributed by atoms with Crippen molar-refractivity contribution in [3.8, 4) is 17.2 Å². The largest absolute Gasteiger partial charge is 0.492 e. The Bertz CT molecular complexity index is 958. The van der Waals surface area contributed by atoms with Crippen molar-refractivity contribution in [3.63, 3.8) is 0 Å². The number of amides is 1. The summed E-state index contributed by atoms with van der Waals surface area (Å²) in [5.74, 6) is 0.744. The summed E-state index contributed by atoms with van der Waals surface area (Å²) >= 11 is 0. The molecule has 0 saturated carbocycles. The van der Waals surface area contributed by atoms with Gasteiger partial charge in [-0.25, -0.2) is 4.79 Å². The zero-order valence-corrected chi connectivity index (χ0v) is 19.2. The molecule has 178 valence electrons. The Morgan fingerprint density at radius 1 is 1.00 bits per heavy atom. The Labute approximate surface area is 193 Å². The van der Waals surface area contributed by atoms with Crippen molar-refractivity contribution < 1.29 is 33.3 Å². The van der Waals surface area contributed by atoms with Crippen molar-refractivity contribution in [1.29, 1.82) is 0 Å². The number of nitrogens with zero attached hydrogens (tertiary/aromatic N) is 1. The first-order valence-corrected chi connectivity index (χ1v) is 10.9. The van der Waals surface area contributed by atoms with E-state index in [2.05, 4.69) is 15.0 Å². The molecule has 1 aliphatic heterocycles. The van der Waals surface area contributed by atoms with E-state index in [4.69, 9.17) is 18.9 Å². The van der Waals surface area contributed by atoms with E-state index in [1.807, 2.05) is 19.9 Å². The van der Waals surface area contributed by atoms with Crippen molar-refractivity contribution in [2.24, 2.45) is 0 Å². The number of esters is 1. The molecule has 1 saturated heterocycles. The molecule has 0 radical (unpaired) electrons. The van der Waals surface area contributed by atoms with Gasteiger partial charge in [0.25, 0.3) is 5.91 Å². The molecule has 2 aromatic rings. The van der Waals surface area contributed by atoms with Crippen LogP contribution in [0.1, 0.15) is 24.2 Å². The maximum absolute atomic E-state index is 13.0. The van der Waals surface area contributed by atoms with E-state index >= 15 is 0 Å². The molecule has 0 unspecified atom stereocenters. The minimum Gasteiger partial charge on any atom is -0.492 e. The normalized spacial score (nSPS) is 13.2. The number of methoxy groups -OCH3 is 1. The molecule has 0 spiro atoms. The molecule has 1 heterocycles. The second-order valence-corrected chi connectivity index (χ2v) is 7.13. The number of anilines is 2. The highest BCUT2D eigenvalue weighted by molar-refractivity contribution is 6.05. The van der Waals surface area contributed by atoms with Crippen molar-refractivity contribution in [3.05, 3.63) is 42.0 Å². The summed E-state index contributed by atoms with van der Waals surface area (Å²) in [5.41, 5.74) is 1.78. The summed E-state index contributed by atoms with van der Waals surface area (Å²) < 4.78 is 27.1. The number of nitrogens with one attached hydrogen (secondary N) is 1. The molecular formula is C24H30N2O7. The van der Waals surface area contributed by atoms with E-state index < -0.39 is 5.97 Å². The smallest absolute Gasteiger partial charge is 0.343 e. The highest BCUT2D eigenvalue weighted by Gasteiger charge is 2.21. The van der Waals surface area contributed by atoms with Gasteiger partial charge in [0.2, 0.25) is 0 Å². The van der Waals surface area contributed by atoms with Gasteiger partial charge in [-0.3, -0.25) is 4.79 Å². The van der Waals surface area contributed by atoms with Crippen LogP contribution in [-0.2, 0) is 14.3 Å². The van der Waals surface area contributed by atoms with Crippen LogP contribution in [0.4, 0.5) is 11.4 Å². The van der Waals surface area contributed by atoms with Crippen molar-refractivity contribution >= 4 is 23.3 Å². The Kier molecular flexibility index (Phi) is 8.77. The Hall–Kier alpha value is -3.46. The van der Waals surface area contributed by atoms with Gasteiger partial charge in [0.05, 0.1) is 44.9 Å². The van der Waals surface area contributed by atoms with E-state index in [0.29, 0.717) is 54.9 Å². The lowest BCUT2D eigenvalue weighted by molar-refractivity contribution is -0.142. The van der Waals surface area contributed by atoms with Crippen molar-refractivity contribution in [2.75, 3.05) is 63.5 Å². The van der Waals surface area contributed by atoms with Gasteiger partial charge in [0.15, 0.2) is 6.61 Å². The molecule has 1 aliphatic rings. The van der Waals surface area contributed by atoms with Crippen LogP contribution < -0.4 is 24.4 Å². The second kappa shape index (κ2) is 12.0. The lowest BCUT2D eigenvalue weighted by Crippen LogP contribution is -2.36. The first-order chi connectivity index (χ1) is 16.0. The molecule has 1 amide bonds. The van der Waals surface area contributed by atoms with E-state index in [1.54, 1.807) is 30.3 Å². The van der Waals surface area contributed by atoms with E-state index in [1.165, 1.54) is 7.11 Å². The van der Waals surface area contributed by atoms with Crippen LogP contribution >= 0.6 is 0 Å². The summed E-state index contributed by atoms with van der Waals surface area (Å²) in [4.78, 5) is 26.5. The van der Waals surface area contributed by atoms with Gasteiger partial charge >= 0.3 is 5.97 Å². The number of ether oxygens (including phenoxy) is 5. The molecule has 0 atom stereocenters. The van der Waals surface area contributed by atoms with Crippen molar-refractivity contribution in [2.45, 2.75) is 13.8 Å².